The second-order valence-corrected chi connectivity index (χ2v) is 16.5. The van der Waals surface area contributed by atoms with Crippen LogP contribution in [0.4, 0.5) is 0 Å². The molecule has 0 aliphatic carbocycles. The molecule has 0 N–H and O–H groups in total. The maximum absolute atomic E-state index is 2.46. The summed E-state index contributed by atoms with van der Waals surface area (Å²) in [5, 5.41) is 7.44. The highest BCUT2D eigenvalue weighted by atomic mass is 15.0. The number of benzene rings is 10. The van der Waals surface area contributed by atoms with E-state index in [9.17, 15) is 0 Å². The lowest BCUT2D eigenvalue weighted by Gasteiger charge is -2.14. The molecule has 3 heteroatoms. The third-order valence-corrected chi connectivity index (χ3v) is 13.0. The zero-order chi connectivity index (χ0) is 41.4. The summed E-state index contributed by atoms with van der Waals surface area (Å²) in [6.45, 7) is 0. The molecule has 10 aromatic carbocycles. The average molecular weight is 802 g/mol. The van der Waals surface area contributed by atoms with Crippen LogP contribution in [0.15, 0.2) is 237 Å². The van der Waals surface area contributed by atoms with Crippen molar-refractivity contribution in [1.82, 2.24) is 13.7 Å². The average Bonchev–Trinajstić information content (AvgIpc) is 3.99. The van der Waals surface area contributed by atoms with Gasteiger partial charge in [0, 0.05) is 49.4 Å². The fourth-order valence-electron chi connectivity index (χ4n) is 10.2. The van der Waals surface area contributed by atoms with Gasteiger partial charge in [0.05, 0.1) is 33.1 Å². The van der Waals surface area contributed by atoms with E-state index in [-0.39, 0.29) is 0 Å². The maximum Gasteiger partial charge on any atom is 0.0547 e. The highest BCUT2D eigenvalue weighted by molar-refractivity contribution is 6.15. The van der Waals surface area contributed by atoms with E-state index in [0.717, 1.165) is 11.4 Å². The molecule has 3 nitrogen and oxygen atoms in total. The van der Waals surface area contributed by atoms with E-state index in [1.165, 1.54) is 104 Å². The molecule has 0 saturated heterocycles. The van der Waals surface area contributed by atoms with Crippen LogP contribution in [0.1, 0.15) is 0 Å². The molecule has 13 aromatic rings. The highest BCUT2D eigenvalue weighted by Crippen LogP contribution is 2.44. The van der Waals surface area contributed by atoms with Crippen molar-refractivity contribution < 1.29 is 0 Å². The number of rotatable bonds is 6. The Labute approximate surface area is 364 Å². The predicted molar refractivity (Wildman–Crippen MR) is 266 cm³/mol. The molecule has 0 amide bonds. The van der Waals surface area contributed by atoms with Gasteiger partial charge in [-0.3, -0.25) is 0 Å². The van der Waals surface area contributed by atoms with Crippen LogP contribution >= 0.6 is 0 Å². The molecule has 294 valence electrons. The molecular formula is C60H39N3. The molecule has 0 unspecified atom stereocenters. The fourth-order valence-corrected chi connectivity index (χ4v) is 10.2. The minimum absolute atomic E-state index is 1.14. The molecule has 3 heterocycles. The first-order valence-electron chi connectivity index (χ1n) is 21.7. The van der Waals surface area contributed by atoms with Gasteiger partial charge in [-0.15, -0.1) is 0 Å². The van der Waals surface area contributed by atoms with E-state index in [1.54, 1.807) is 0 Å². The standard InChI is InChI=1S/C60H39N3/c1-5-17-40(18-6-1)52-39-60-54(48-26-14-16-28-56(48)62(60)45-21-9-3-10-22-45)38-51(52)43-30-33-50-49-32-29-42(36-58(49)63(59(50)37-43)46-23-11-4-12-24-46)41-31-34-57-53(35-41)47-25-13-15-27-55(47)61(57)44-19-7-2-8-20-44/h1-39H. The quantitative estimate of drug-likeness (QED) is 0.159. The summed E-state index contributed by atoms with van der Waals surface area (Å²) in [4.78, 5) is 0. The smallest absolute Gasteiger partial charge is 0.0547 e. The number of para-hydroxylation sites is 5. The van der Waals surface area contributed by atoms with Gasteiger partial charge in [0.15, 0.2) is 0 Å². The molecule has 0 saturated carbocycles. The molecule has 0 fully saturated rings. The van der Waals surface area contributed by atoms with Gasteiger partial charge in [-0.25, -0.2) is 0 Å². The number of fused-ring (bicyclic) bond motifs is 9. The van der Waals surface area contributed by atoms with Crippen molar-refractivity contribution in [2.75, 3.05) is 0 Å². The molecule has 0 aliphatic rings. The molecule has 3 aromatic heterocycles. The number of aromatic nitrogens is 3. The lowest BCUT2D eigenvalue weighted by Crippen LogP contribution is -1.95. The largest absolute Gasteiger partial charge is 0.309 e. The van der Waals surface area contributed by atoms with Gasteiger partial charge >= 0.3 is 0 Å². The van der Waals surface area contributed by atoms with Gasteiger partial charge in [-0.2, -0.15) is 0 Å². The second-order valence-electron chi connectivity index (χ2n) is 16.5. The molecule has 0 spiro atoms. The third kappa shape index (κ3) is 5.53. The first-order chi connectivity index (χ1) is 31.3. The third-order valence-electron chi connectivity index (χ3n) is 13.0. The Morgan fingerprint density at radius 1 is 0.190 bits per heavy atom. The van der Waals surface area contributed by atoms with Gasteiger partial charge in [-0.05, 0) is 118 Å². The van der Waals surface area contributed by atoms with E-state index in [0.29, 0.717) is 0 Å². The molecule has 0 aliphatic heterocycles. The Morgan fingerprint density at radius 3 is 1.14 bits per heavy atom. The van der Waals surface area contributed by atoms with Crippen LogP contribution in [0.25, 0.3) is 116 Å². The Balaban J connectivity index is 1.03. The van der Waals surface area contributed by atoms with Crippen molar-refractivity contribution in [2.24, 2.45) is 0 Å². The van der Waals surface area contributed by atoms with Crippen molar-refractivity contribution >= 4 is 65.4 Å². The molecule has 0 radical (unpaired) electrons. The lowest BCUT2D eigenvalue weighted by molar-refractivity contribution is 1.18. The Bertz CT molecular complexity index is 3870. The van der Waals surface area contributed by atoms with E-state index in [1.807, 2.05) is 0 Å². The summed E-state index contributed by atoms with van der Waals surface area (Å²) in [6.07, 6.45) is 0. The monoisotopic (exact) mass is 801 g/mol. The van der Waals surface area contributed by atoms with Crippen LogP contribution in [-0.2, 0) is 0 Å². The summed E-state index contributed by atoms with van der Waals surface area (Å²) in [5.41, 5.74) is 17.8. The summed E-state index contributed by atoms with van der Waals surface area (Å²) in [7, 11) is 0. The zero-order valence-corrected chi connectivity index (χ0v) is 34.4. The molecule has 13 rings (SSSR count). The van der Waals surface area contributed by atoms with E-state index in [2.05, 4.69) is 250 Å². The Morgan fingerprint density at radius 2 is 0.556 bits per heavy atom. The first-order valence-corrected chi connectivity index (χ1v) is 21.7. The Kier molecular flexibility index (Phi) is 7.91. The topological polar surface area (TPSA) is 14.8 Å². The van der Waals surface area contributed by atoms with Crippen LogP contribution < -0.4 is 0 Å². The van der Waals surface area contributed by atoms with Gasteiger partial charge in [-0.1, -0.05) is 152 Å². The van der Waals surface area contributed by atoms with Crippen LogP contribution in [0, 0.1) is 0 Å². The number of nitrogens with zero attached hydrogens (tertiary/aromatic N) is 3. The minimum atomic E-state index is 1.14. The van der Waals surface area contributed by atoms with E-state index in [4.69, 9.17) is 0 Å². The summed E-state index contributed by atoms with van der Waals surface area (Å²) in [6, 6.07) is 86.5. The normalized spacial score (nSPS) is 11.8. The van der Waals surface area contributed by atoms with Crippen LogP contribution in [0.3, 0.4) is 0 Å². The fraction of sp³-hybridized carbons (Fsp3) is 0. The van der Waals surface area contributed by atoms with Crippen molar-refractivity contribution in [2.45, 2.75) is 0 Å². The molecular weight excluding hydrogens is 763 g/mol. The second kappa shape index (κ2) is 14.1. The molecule has 0 atom stereocenters. The van der Waals surface area contributed by atoms with E-state index >= 15 is 0 Å². The minimum Gasteiger partial charge on any atom is -0.309 e. The van der Waals surface area contributed by atoms with Crippen molar-refractivity contribution in [1.29, 1.82) is 0 Å². The van der Waals surface area contributed by atoms with Crippen molar-refractivity contribution in [3.05, 3.63) is 237 Å². The maximum atomic E-state index is 2.46. The SMILES string of the molecule is c1ccc(-c2cc3c(cc2-c2ccc4c5ccc(-c6ccc7c(c6)c6ccccc6n7-c6ccccc6)cc5n(-c5ccccc5)c4c2)c2ccccc2n3-c2ccccc2)cc1. The van der Waals surface area contributed by atoms with Gasteiger partial charge in [0.1, 0.15) is 0 Å². The van der Waals surface area contributed by atoms with Gasteiger partial charge < -0.3 is 13.7 Å². The summed E-state index contributed by atoms with van der Waals surface area (Å²) >= 11 is 0. The summed E-state index contributed by atoms with van der Waals surface area (Å²) < 4.78 is 7.25. The lowest BCUT2D eigenvalue weighted by atomic mass is 9.92. The van der Waals surface area contributed by atoms with Crippen molar-refractivity contribution in [3.8, 4) is 50.4 Å². The van der Waals surface area contributed by atoms with Gasteiger partial charge in [0.2, 0.25) is 0 Å². The van der Waals surface area contributed by atoms with Crippen LogP contribution in [-0.4, -0.2) is 13.7 Å². The predicted octanol–water partition coefficient (Wildman–Crippen LogP) is 16.0. The number of hydrogen-bond acceptors (Lipinski definition) is 0. The first kappa shape index (κ1) is 35.4. The molecule has 63 heavy (non-hydrogen) atoms. The number of hydrogen-bond donors (Lipinski definition) is 0. The van der Waals surface area contributed by atoms with E-state index < -0.39 is 0 Å². The zero-order valence-electron chi connectivity index (χ0n) is 34.4. The molecule has 0 bridgehead atoms. The summed E-state index contributed by atoms with van der Waals surface area (Å²) in [5.74, 6) is 0. The van der Waals surface area contributed by atoms with Gasteiger partial charge in [0.25, 0.3) is 0 Å². The highest BCUT2D eigenvalue weighted by Gasteiger charge is 2.20. The Hall–Kier alpha value is -8.40. The van der Waals surface area contributed by atoms with Crippen LogP contribution in [0.5, 0.6) is 0 Å². The van der Waals surface area contributed by atoms with Crippen LogP contribution in [0.2, 0.25) is 0 Å². The van der Waals surface area contributed by atoms with Crippen molar-refractivity contribution in [3.63, 3.8) is 0 Å².